The summed E-state index contributed by atoms with van der Waals surface area (Å²) in [7, 11) is -3.75. The molecule has 0 radical (unpaired) electrons. The molecule has 0 aromatic carbocycles. The number of aromatic nitrogens is 3. The summed E-state index contributed by atoms with van der Waals surface area (Å²) in [5, 5.41) is -0.277. The molecule has 0 unspecified atom stereocenters. The number of sulfonamides is 1. The van der Waals surface area contributed by atoms with Crippen molar-refractivity contribution in [3.05, 3.63) is 42.9 Å². The van der Waals surface area contributed by atoms with Crippen LogP contribution in [0.4, 0.5) is 5.82 Å². The van der Waals surface area contributed by atoms with E-state index in [2.05, 4.69) is 19.7 Å². The molecule has 0 aliphatic rings. The molecule has 2 aromatic rings. The van der Waals surface area contributed by atoms with Crippen LogP contribution in [0, 0.1) is 0 Å². The van der Waals surface area contributed by atoms with Crippen LogP contribution in [-0.4, -0.2) is 23.4 Å². The Kier molecular flexibility index (Phi) is 2.78. The summed E-state index contributed by atoms with van der Waals surface area (Å²) in [6.07, 6.45) is 4.21. The van der Waals surface area contributed by atoms with Gasteiger partial charge in [-0.05, 0) is 18.2 Å². The van der Waals surface area contributed by atoms with Crippen LogP contribution in [-0.2, 0) is 10.0 Å². The van der Waals surface area contributed by atoms with Crippen LogP contribution < -0.4 is 4.72 Å². The van der Waals surface area contributed by atoms with Crippen molar-refractivity contribution in [3.8, 4) is 0 Å². The molecule has 0 saturated heterocycles. The number of hydrogen-bond acceptors (Lipinski definition) is 5. The Hall–Kier alpha value is -2.02. The molecule has 0 spiro atoms. The van der Waals surface area contributed by atoms with Crippen molar-refractivity contribution in [2.45, 2.75) is 5.16 Å². The van der Waals surface area contributed by atoms with Crippen molar-refractivity contribution >= 4 is 15.8 Å². The summed E-state index contributed by atoms with van der Waals surface area (Å²) >= 11 is 0. The predicted octanol–water partition coefficient (Wildman–Crippen LogP) is 0.672. The zero-order valence-corrected chi connectivity index (χ0v) is 8.92. The second-order valence-electron chi connectivity index (χ2n) is 2.85. The van der Waals surface area contributed by atoms with E-state index in [0.29, 0.717) is 0 Å². The van der Waals surface area contributed by atoms with E-state index in [1.165, 1.54) is 18.6 Å². The molecule has 1 N–H and O–H groups in total. The minimum absolute atomic E-state index is 0.231. The lowest BCUT2D eigenvalue weighted by molar-refractivity contribution is 0.592. The molecule has 7 heteroatoms. The number of hydrogen-bond donors (Lipinski definition) is 1. The first-order chi connectivity index (χ1) is 7.68. The molecule has 2 rings (SSSR count). The molecule has 0 aliphatic heterocycles. The van der Waals surface area contributed by atoms with Crippen LogP contribution in [0.25, 0.3) is 0 Å². The van der Waals surface area contributed by atoms with Gasteiger partial charge in [-0.2, -0.15) is 8.42 Å². The SMILES string of the molecule is O=S(=O)(Nc1ccccn1)c1ncccn1. The molecular formula is C9H8N4O2S. The Labute approximate surface area is 92.5 Å². The second kappa shape index (κ2) is 4.23. The maximum absolute atomic E-state index is 11.7. The molecule has 0 atom stereocenters. The van der Waals surface area contributed by atoms with Gasteiger partial charge in [0.25, 0.3) is 15.2 Å². The number of rotatable bonds is 3. The van der Waals surface area contributed by atoms with E-state index in [9.17, 15) is 8.42 Å². The van der Waals surface area contributed by atoms with Crippen molar-refractivity contribution in [1.82, 2.24) is 15.0 Å². The Bertz CT molecular complexity index is 557. The van der Waals surface area contributed by atoms with Gasteiger partial charge in [-0.15, -0.1) is 0 Å². The summed E-state index contributed by atoms with van der Waals surface area (Å²) in [5.74, 6) is 0.231. The van der Waals surface area contributed by atoms with Crippen LogP contribution in [0.1, 0.15) is 0 Å². The van der Waals surface area contributed by atoms with E-state index in [1.54, 1.807) is 24.3 Å². The third-order valence-electron chi connectivity index (χ3n) is 1.69. The van der Waals surface area contributed by atoms with E-state index in [-0.39, 0.29) is 11.0 Å². The van der Waals surface area contributed by atoms with E-state index in [0.717, 1.165) is 0 Å². The number of pyridine rings is 1. The Morgan fingerprint density at radius 3 is 2.25 bits per heavy atom. The van der Waals surface area contributed by atoms with Gasteiger partial charge < -0.3 is 0 Å². The quantitative estimate of drug-likeness (QED) is 0.792. The average Bonchev–Trinajstić information content (AvgIpc) is 2.31. The van der Waals surface area contributed by atoms with Crippen molar-refractivity contribution in [2.24, 2.45) is 0 Å². The highest BCUT2D eigenvalue weighted by Gasteiger charge is 2.17. The Morgan fingerprint density at radius 1 is 0.938 bits per heavy atom. The van der Waals surface area contributed by atoms with Gasteiger partial charge in [-0.3, -0.25) is 4.72 Å². The van der Waals surface area contributed by atoms with E-state index < -0.39 is 10.0 Å². The van der Waals surface area contributed by atoms with Crippen molar-refractivity contribution in [1.29, 1.82) is 0 Å². The molecule has 2 heterocycles. The van der Waals surface area contributed by atoms with Crippen molar-refractivity contribution in [2.75, 3.05) is 4.72 Å². The summed E-state index contributed by atoms with van der Waals surface area (Å²) in [6.45, 7) is 0. The third-order valence-corrected chi connectivity index (χ3v) is 2.86. The minimum Gasteiger partial charge on any atom is -0.261 e. The van der Waals surface area contributed by atoms with Gasteiger partial charge in [0, 0.05) is 18.6 Å². The summed E-state index contributed by atoms with van der Waals surface area (Å²) in [5.41, 5.74) is 0. The van der Waals surface area contributed by atoms with Crippen molar-refractivity contribution in [3.63, 3.8) is 0 Å². The van der Waals surface area contributed by atoms with Gasteiger partial charge in [0.05, 0.1) is 0 Å². The predicted molar refractivity (Wildman–Crippen MR) is 57.1 cm³/mol. The molecule has 0 amide bonds. The molecule has 0 bridgehead atoms. The van der Waals surface area contributed by atoms with Gasteiger partial charge in [0.2, 0.25) is 0 Å². The lowest BCUT2D eigenvalue weighted by Crippen LogP contribution is -2.16. The van der Waals surface area contributed by atoms with Gasteiger partial charge >= 0.3 is 0 Å². The fourth-order valence-electron chi connectivity index (χ4n) is 1.03. The van der Waals surface area contributed by atoms with E-state index in [1.807, 2.05) is 0 Å². The monoisotopic (exact) mass is 236 g/mol. The highest BCUT2D eigenvalue weighted by Crippen LogP contribution is 2.08. The highest BCUT2D eigenvalue weighted by molar-refractivity contribution is 7.92. The molecule has 0 aliphatic carbocycles. The van der Waals surface area contributed by atoms with E-state index in [4.69, 9.17) is 0 Å². The third kappa shape index (κ3) is 2.31. The fraction of sp³-hybridized carbons (Fsp3) is 0. The molecule has 2 aromatic heterocycles. The first-order valence-electron chi connectivity index (χ1n) is 4.39. The first kappa shape index (κ1) is 10.5. The maximum atomic E-state index is 11.7. The fourth-order valence-corrected chi connectivity index (χ4v) is 1.92. The van der Waals surface area contributed by atoms with Crippen LogP contribution in [0.5, 0.6) is 0 Å². The second-order valence-corrected chi connectivity index (χ2v) is 4.43. The largest absolute Gasteiger partial charge is 0.298 e. The van der Waals surface area contributed by atoms with E-state index >= 15 is 0 Å². The lowest BCUT2D eigenvalue weighted by Gasteiger charge is -2.04. The lowest BCUT2D eigenvalue weighted by atomic mass is 10.5. The Morgan fingerprint density at radius 2 is 1.62 bits per heavy atom. The van der Waals surface area contributed by atoms with Crippen LogP contribution in [0.15, 0.2) is 48.0 Å². The molecular weight excluding hydrogens is 228 g/mol. The topological polar surface area (TPSA) is 84.8 Å². The zero-order valence-electron chi connectivity index (χ0n) is 8.11. The standard InChI is InChI=1S/C9H8N4O2S/c14-16(15,9-11-6-3-7-12-9)13-8-4-1-2-5-10-8/h1-7H,(H,10,13). The molecule has 6 nitrogen and oxygen atoms in total. The summed E-state index contributed by atoms with van der Waals surface area (Å²) in [6, 6.07) is 6.45. The molecule has 0 fully saturated rings. The van der Waals surface area contributed by atoms with Crippen LogP contribution in [0.3, 0.4) is 0 Å². The number of nitrogens with zero attached hydrogens (tertiary/aromatic N) is 3. The van der Waals surface area contributed by atoms with Crippen molar-refractivity contribution < 1.29 is 8.42 Å². The minimum atomic E-state index is -3.75. The van der Waals surface area contributed by atoms with Gasteiger partial charge in [0.15, 0.2) is 0 Å². The maximum Gasteiger partial charge on any atom is 0.298 e. The van der Waals surface area contributed by atoms with Crippen LogP contribution in [0.2, 0.25) is 0 Å². The number of anilines is 1. The first-order valence-corrected chi connectivity index (χ1v) is 5.88. The molecule has 82 valence electrons. The zero-order chi connectivity index (χ0) is 11.4. The van der Waals surface area contributed by atoms with Gasteiger partial charge in [0.1, 0.15) is 5.82 Å². The molecule has 0 saturated carbocycles. The number of nitrogens with one attached hydrogen (secondary N) is 1. The van der Waals surface area contributed by atoms with Gasteiger partial charge in [-0.1, -0.05) is 6.07 Å². The Balaban J connectivity index is 2.29. The van der Waals surface area contributed by atoms with Gasteiger partial charge in [-0.25, -0.2) is 15.0 Å². The average molecular weight is 236 g/mol. The normalized spacial score (nSPS) is 11.0. The smallest absolute Gasteiger partial charge is 0.261 e. The summed E-state index contributed by atoms with van der Waals surface area (Å²) < 4.78 is 25.7. The highest BCUT2D eigenvalue weighted by atomic mass is 32.2. The van der Waals surface area contributed by atoms with Crippen LogP contribution >= 0.6 is 0 Å². The molecule has 16 heavy (non-hydrogen) atoms. The summed E-state index contributed by atoms with van der Waals surface area (Å²) in [4.78, 5) is 11.2.